The zero-order chi connectivity index (χ0) is 28.9. The first kappa shape index (κ1) is 30.9. The molecule has 40 heavy (non-hydrogen) atoms. The van der Waals surface area contributed by atoms with Gasteiger partial charge >= 0.3 is 11.9 Å². The number of ketones is 1. The lowest BCUT2D eigenvalue weighted by molar-refractivity contribution is -0.149. The predicted octanol–water partition coefficient (Wildman–Crippen LogP) is 4.82. The maximum absolute atomic E-state index is 13.6. The molecule has 216 valence electrons. The molecule has 0 unspecified atom stereocenters. The fourth-order valence-electron chi connectivity index (χ4n) is 4.83. The number of methoxy groups -OCH3 is 1. The molecule has 8 nitrogen and oxygen atoms in total. The number of carbonyl (C=O) groups excluding carboxylic acids is 4. The number of nitrogens with one attached hydrogen (secondary N) is 1. The minimum atomic E-state index is -0.774. The maximum atomic E-state index is 13.6. The van der Waals surface area contributed by atoms with Crippen molar-refractivity contribution in [2.24, 2.45) is 17.8 Å². The second-order valence-corrected chi connectivity index (χ2v) is 10.8. The number of ether oxygens (including phenoxy) is 3. The largest absolute Gasteiger partial charge is 0.494 e. The third kappa shape index (κ3) is 10.1. The molecule has 0 aromatic heterocycles. The Kier molecular flexibility index (Phi) is 12.2. The Bertz CT molecular complexity index is 1110. The van der Waals surface area contributed by atoms with Crippen molar-refractivity contribution in [2.75, 3.05) is 13.7 Å². The Morgan fingerprint density at radius 2 is 1.73 bits per heavy atom. The van der Waals surface area contributed by atoms with Gasteiger partial charge in [0.05, 0.1) is 38.0 Å². The van der Waals surface area contributed by atoms with Crippen LogP contribution in [0.5, 0.6) is 5.75 Å². The van der Waals surface area contributed by atoms with Crippen LogP contribution in [0.15, 0.2) is 54.6 Å². The zero-order valence-electron chi connectivity index (χ0n) is 23.7. The van der Waals surface area contributed by atoms with Gasteiger partial charge in [-0.2, -0.15) is 0 Å². The number of esters is 2. The molecular weight excluding hydrogens is 510 g/mol. The van der Waals surface area contributed by atoms with Crippen LogP contribution in [0.2, 0.25) is 0 Å². The minimum Gasteiger partial charge on any atom is -0.494 e. The summed E-state index contributed by atoms with van der Waals surface area (Å²) in [5, 5.41) is 2.92. The number of hydrogen-bond donors (Lipinski definition) is 1. The first-order valence-electron chi connectivity index (χ1n) is 14.1. The molecule has 2 aliphatic rings. The molecule has 0 fully saturated rings. The summed E-state index contributed by atoms with van der Waals surface area (Å²) in [5.74, 6) is -2.05. The molecule has 0 saturated heterocycles. The summed E-state index contributed by atoms with van der Waals surface area (Å²) in [6.45, 7) is 4.54. The minimum absolute atomic E-state index is 0.0210. The number of hydrogen-bond acceptors (Lipinski definition) is 7. The molecule has 4 rings (SSSR count). The second-order valence-electron chi connectivity index (χ2n) is 10.8. The highest BCUT2D eigenvalue weighted by atomic mass is 16.5. The van der Waals surface area contributed by atoms with Crippen LogP contribution in [0, 0.1) is 17.8 Å². The number of fused-ring (bicyclic) bond motifs is 14. The van der Waals surface area contributed by atoms with Gasteiger partial charge in [0.2, 0.25) is 5.91 Å². The maximum Gasteiger partial charge on any atom is 0.309 e. The van der Waals surface area contributed by atoms with Crippen molar-refractivity contribution in [3.05, 3.63) is 65.7 Å². The monoisotopic (exact) mass is 551 g/mol. The van der Waals surface area contributed by atoms with Crippen molar-refractivity contribution in [3.8, 4) is 5.75 Å². The van der Waals surface area contributed by atoms with Gasteiger partial charge in [0, 0.05) is 6.42 Å². The first-order valence-corrected chi connectivity index (χ1v) is 14.1. The summed E-state index contributed by atoms with van der Waals surface area (Å²) < 4.78 is 16.3. The Morgan fingerprint density at radius 1 is 1.00 bits per heavy atom. The Morgan fingerprint density at radius 3 is 2.40 bits per heavy atom. The smallest absolute Gasteiger partial charge is 0.309 e. The fraction of sp³-hybridized carbons (Fsp3) is 0.500. The third-order valence-electron chi connectivity index (χ3n) is 7.04. The van der Waals surface area contributed by atoms with Crippen molar-refractivity contribution in [3.63, 3.8) is 0 Å². The number of benzene rings is 2. The molecular formula is C32H41NO7. The number of amides is 1. The van der Waals surface area contributed by atoms with Gasteiger partial charge in [-0.3, -0.25) is 19.2 Å². The molecule has 2 aliphatic heterocycles. The summed E-state index contributed by atoms with van der Waals surface area (Å²) in [4.78, 5) is 52.3. The summed E-state index contributed by atoms with van der Waals surface area (Å²) in [5.41, 5.74) is 1.72. The Hall–Kier alpha value is -3.68. The van der Waals surface area contributed by atoms with E-state index < -0.39 is 35.7 Å². The highest BCUT2D eigenvalue weighted by Gasteiger charge is 2.31. The highest BCUT2D eigenvalue weighted by Crippen LogP contribution is 2.22. The van der Waals surface area contributed by atoms with Gasteiger partial charge in [-0.1, -0.05) is 56.3 Å². The van der Waals surface area contributed by atoms with Crippen LogP contribution < -0.4 is 10.1 Å². The molecule has 2 aromatic carbocycles. The van der Waals surface area contributed by atoms with Gasteiger partial charge in [0.25, 0.3) is 0 Å². The van der Waals surface area contributed by atoms with Gasteiger partial charge in [-0.25, -0.2) is 0 Å². The van der Waals surface area contributed by atoms with Crippen LogP contribution in [0.25, 0.3) is 0 Å². The zero-order valence-corrected chi connectivity index (χ0v) is 23.7. The summed E-state index contributed by atoms with van der Waals surface area (Å²) in [6.07, 6.45) is 2.46. The van der Waals surface area contributed by atoms with E-state index in [4.69, 9.17) is 14.2 Å². The van der Waals surface area contributed by atoms with Gasteiger partial charge < -0.3 is 19.5 Å². The molecule has 1 amide bonds. The van der Waals surface area contributed by atoms with Crippen LogP contribution in [-0.4, -0.2) is 43.4 Å². The van der Waals surface area contributed by atoms with Gasteiger partial charge in [0.1, 0.15) is 12.4 Å². The molecule has 0 aliphatic carbocycles. The van der Waals surface area contributed by atoms with E-state index in [9.17, 15) is 19.2 Å². The lowest BCUT2D eigenvalue weighted by atomic mass is 9.89. The van der Waals surface area contributed by atoms with E-state index in [-0.39, 0.29) is 31.1 Å². The highest BCUT2D eigenvalue weighted by molar-refractivity contribution is 5.93. The molecule has 2 bridgehead atoms. The molecule has 2 aromatic rings. The van der Waals surface area contributed by atoms with Crippen molar-refractivity contribution in [2.45, 2.75) is 71.4 Å². The van der Waals surface area contributed by atoms with Gasteiger partial charge in [-0.05, 0) is 61.3 Å². The average Bonchev–Trinajstić information content (AvgIpc) is 2.94. The molecule has 0 saturated carbocycles. The average molecular weight is 552 g/mol. The first-order chi connectivity index (χ1) is 19.2. The molecule has 2 heterocycles. The standard InChI is InChI=1S/C32H41NO7/c1-22(2)17-28-29(34)19-25(32(37)38-3)11-7-8-16-39-27-14-12-23(13-15-27)18-26(31(36)33-28)20-30(35)40-21-24-9-5-4-6-10-24/h4-6,9-10,12-15,22,25-26,28H,7-8,11,16-21H2,1-3H3,(H,33,36)/t25-,26-,28+/m1/s1. The summed E-state index contributed by atoms with van der Waals surface area (Å²) >= 11 is 0. The van der Waals surface area contributed by atoms with E-state index in [1.54, 1.807) is 0 Å². The molecule has 3 atom stereocenters. The number of carbonyl (C=O) groups is 4. The van der Waals surface area contributed by atoms with Crippen LogP contribution in [-0.2, 0) is 41.7 Å². The fourth-order valence-corrected chi connectivity index (χ4v) is 4.83. The van der Waals surface area contributed by atoms with Crippen molar-refractivity contribution in [1.82, 2.24) is 5.32 Å². The van der Waals surface area contributed by atoms with E-state index in [1.807, 2.05) is 68.4 Å². The quantitative estimate of drug-likeness (QED) is 0.492. The third-order valence-corrected chi connectivity index (χ3v) is 7.04. The number of rotatable bonds is 7. The van der Waals surface area contributed by atoms with Crippen LogP contribution in [0.3, 0.4) is 0 Å². The SMILES string of the molecule is COC(=O)[C@@H]1CCCCOc2ccc(cc2)C[C@H](CC(=O)OCc2ccccc2)C(=O)N[C@@H](CC(C)C)C(=O)C1. The van der Waals surface area contributed by atoms with Crippen molar-refractivity contribution in [1.29, 1.82) is 0 Å². The van der Waals surface area contributed by atoms with Crippen LogP contribution in [0.1, 0.15) is 63.5 Å². The normalized spacial score (nSPS) is 20.8. The Labute approximate surface area is 236 Å². The molecule has 8 heteroatoms. The summed E-state index contributed by atoms with van der Waals surface area (Å²) in [6, 6.07) is 16.0. The molecule has 0 radical (unpaired) electrons. The topological polar surface area (TPSA) is 108 Å². The van der Waals surface area contributed by atoms with Gasteiger partial charge in [-0.15, -0.1) is 0 Å². The van der Waals surface area contributed by atoms with Crippen LogP contribution in [0.4, 0.5) is 0 Å². The summed E-state index contributed by atoms with van der Waals surface area (Å²) in [7, 11) is 1.32. The lowest BCUT2D eigenvalue weighted by Crippen LogP contribution is -2.46. The Balaban J connectivity index is 1.83. The van der Waals surface area contributed by atoms with Crippen molar-refractivity contribution >= 4 is 23.6 Å². The van der Waals surface area contributed by atoms with E-state index in [0.717, 1.165) is 17.5 Å². The molecule has 0 spiro atoms. The van der Waals surface area contributed by atoms with E-state index in [1.165, 1.54) is 7.11 Å². The van der Waals surface area contributed by atoms with E-state index >= 15 is 0 Å². The van der Waals surface area contributed by atoms with Crippen molar-refractivity contribution < 1.29 is 33.4 Å². The van der Waals surface area contributed by atoms with Gasteiger partial charge in [0.15, 0.2) is 5.78 Å². The predicted molar refractivity (Wildman–Crippen MR) is 150 cm³/mol. The van der Waals surface area contributed by atoms with Crippen LogP contribution >= 0.6 is 0 Å². The second kappa shape index (κ2) is 15.8. The lowest BCUT2D eigenvalue weighted by Gasteiger charge is -2.24. The molecule has 1 N–H and O–H groups in total. The number of Topliss-reactive ketones (excluding diaryl/α,β-unsaturated/α-hetero) is 1. The van der Waals surface area contributed by atoms with E-state index in [2.05, 4.69) is 5.32 Å². The van der Waals surface area contributed by atoms with E-state index in [0.29, 0.717) is 38.0 Å².